The maximum atomic E-state index is 12.0. The minimum Gasteiger partial charge on any atom is -0.482 e. The largest absolute Gasteiger partial charge is 0.482 e. The maximum absolute atomic E-state index is 12.0. The van der Waals surface area contributed by atoms with Crippen LogP contribution in [0.1, 0.15) is 27.2 Å². The number of primary amides is 1. The van der Waals surface area contributed by atoms with E-state index in [0.29, 0.717) is 17.1 Å². The van der Waals surface area contributed by atoms with Gasteiger partial charge < -0.3 is 20.1 Å². The van der Waals surface area contributed by atoms with Crippen LogP contribution in [0.5, 0.6) is 5.75 Å². The highest BCUT2D eigenvalue weighted by Gasteiger charge is 2.26. The second-order valence-corrected chi connectivity index (χ2v) is 6.36. The summed E-state index contributed by atoms with van der Waals surface area (Å²) < 4.78 is 10.6. The van der Waals surface area contributed by atoms with E-state index in [1.54, 1.807) is 39.0 Å². The molecule has 1 heterocycles. The van der Waals surface area contributed by atoms with Gasteiger partial charge in [-0.1, -0.05) is 0 Å². The number of nitrogens with two attached hydrogens (primary N) is 1. The lowest BCUT2D eigenvalue weighted by Gasteiger charge is -2.29. The number of amides is 3. The van der Waals surface area contributed by atoms with E-state index >= 15 is 0 Å². The molecule has 8 heteroatoms. The van der Waals surface area contributed by atoms with Gasteiger partial charge in [0, 0.05) is 18.7 Å². The Morgan fingerprint density at radius 1 is 1.38 bits per heavy atom. The minimum atomic E-state index is -0.620. The van der Waals surface area contributed by atoms with Crippen molar-refractivity contribution in [3.63, 3.8) is 0 Å². The summed E-state index contributed by atoms with van der Waals surface area (Å²) in [5.41, 5.74) is 5.45. The van der Waals surface area contributed by atoms with Gasteiger partial charge in [-0.25, -0.2) is 4.79 Å². The predicted octanol–water partition coefficient (Wildman–Crippen LogP) is 1.63. The van der Waals surface area contributed by atoms with Gasteiger partial charge in [0.1, 0.15) is 11.4 Å². The molecule has 24 heavy (non-hydrogen) atoms. The van der Waals surface area contributed by atoms with E-state index in [-0.39, 0.29) is 25.5 Å². The van der Waals surface area contributed by atoms with Crippen molar-refractivity contribution in [2.24, 2.45) is 5.73 Å². The van der Waals surface area contributed by atoms with Crippen LogP contribution in [0.2, 0.25) is 0 Å². The standard InChI is InChI=1S/C16H21N3O5/c1-16(2,3)24-15(22)18-10-4-5-12-11(8-10)19(7-6-13(17)20)14(21)9-23-12/h4-5,8H,6-7,9H2,1-3H3,(H2,17,20)(H,18,22). The van der Waals surface area contributed by atoms with Gasteiger partial charge in [0.25, 0.3) is 5.91 Å². The van der Waals surface area contributed by atoms with Crippen LogP contribution in [-0.4, -0.2) is 36.7 Å². The van der Waals surface area contributed by atoms with E-state index < -0.39 is 17.6 Å². The van der Waals surface area contributed by atoms with E-state index in [2.05, 4.69) is 5.32 Å². The molecule has 2 rings (SSSR count). The number of rotatable bonds is 4. The molecule has 130 valence electrons. The highest BCUT2D eigenvalue weighted by molar-refractivity contribution is 5.99. The zero-order valence-electron chi connectivity index (χ0n) is 13.9. The highest BCUT2D eigenvalue weighted by Crippen LogP contribution is 2.34. The molecule has 0 radical (unpaired) electrons. The number of nitrogens with zero attached hydrogens (tertiary/aromatic N) is 1. The van der Waals surface area contributed by atoms with Gasteiger partial charge in [0.2, 0.25) is 5.91 Å². The van der Waals surface area contributed by atoms with Gasteiger partial charge in [0.05, 0.1) is 5.69 Å². The Kier molecular flexibility index (Phi) is 4.96. The summed E-state index contributed by atoms with van der Waals surface area (Å²) in [4.78, 5) is 36.3. The molecule has 1 aromatic rings. The summed E-state index contributed by atoms with van der Waals surface area (Å²) in [6.07, 6.45) is -0.566. The van der Waals surface area contributed by atoms with Gasteiger partial charge in [-0.05, 0) is 39.0 Å². The summed E-state index contributed by atoms with van der Waals surface area (Å²) in [6, 6.07) is 4.88. The zero-order valence-corrected chi connectivity index (χ0v) is 13.9. The number of fused-ring (bicyclic) bond motifs is 1. The fourth-order valence-corrected chi connectivity index (χ4v) is 2.17. The average Bonchev–Trinajstić information content (AvgIpc) is 2.43. The Morgan fingerprint density at radius 3 is 2.71 bits per heavy atom. The predicted molar refractivity (Wildman–Crippen MR) is 88.0 cm³/mol. The molecule has 0 aromatic heterocycles. The number of hydrogen-bond donors (Lipinski definition) is 2. The topological polar surface area (TPSA) is 111 Å². The van der Waals surface area contributed by atoms with Crippen LogP contribution >= 0.6 is 0 Å². The lowest BCUT2D eigenvalue weighted by atomic mass is 10.2. The van der Waals surface area contributed by atoms with Crippen LogP contribution in [0.4, 0.5) is 16.2 Å². The molecule has 1 aliphatic heterocycles. The van der Waals surface area contributed by atoms with Crippen molar-refractivity contribution in [2.75, 3.05) is 23.4 Å². The van der Waals surface area contributed by atoms with Crippen LogP contribution in [0, 0.1) is 0 Å². The Labute approximate surface area is 139 Å². The lowest BCUT2D eigenvalue weighted by molar-refractivity contribution is -0.121. The van der Waals surface area contributed by atoms with Crippen LogP contribution in [-0.2, 0) is 14.3 Å². The normalized spacial score (nSPS) is 13.8. The molecule has 0 atom stereocenters. The third kappa shape index (κ3) is 4.61. The van der Waals surface area contributed by atoms with E-state index in [4.69, 9.17) is 15.2 Å². The number of anilines is 2. The number of ether oxygens (including phenoxy) is 2. The Morgan fingerprint density at radius 2 is 2.08 bits per heavy atom. The molecule has 1 aromatic carbocycles. The first-order valence-corrected chi connectivity index (χ1v) is 7.51. The first-order chi connectivity index (χ1) is 11.2. The molecule has 3 amide bonds. The fourth-order valence-electron chi connectivity index (χ4n) is 2.17. The summed E-state index contributed by atoms with van der Waals surface area (Å²) in [5, 5.41) is 2.60. The van der Waals surface area contributed by atoms with E-state index in [1.165, 1.54) is 4.90 Å². The van der Waals surface area contributed by atoms with Crippen molar-refractivity contribution in [1.82, 2.24) is 0 Å². The summed E-state index contributed by atoms with van der Waals surface area (Å²) in [5.74, 6) is -0.286. The first-order valence-electron chi connectivity index (χ1n) is 7.51. The Hall–Kier alpha value is -2.77. The Balaban J connectivity index is 2.19. The maximum Gasteiger partial charge on any atom is 0.412 e. The summed E-state index contributed by atoms with van der Waals surface area (Å²) >= 11 is 0. The third-order valence-electron chi connectivity index (χ3n) is 3.13. The SMILES string of the molecule is CC(C)(C)OC(=O)Nc1ccc2c(c1)N(CCC(N)=O)C(=O)CO2. The molecule has 0 bridgehead atoms. The summed E-state index contributed by atoms with van der Waals surface area (Å²) in [7, 11) is 0. The van der Waals surface area contributed by atoms with Gasteiger partial charge in [-0.15, -0.1) is 0 Å². The number of benzene rings is 1. The molecule has 0 saturated heterocycles. The van der Waals surface area contributed by atoms with Crippen molar-refractivity contribution in [3.05, 3.63) is 18.2 Å². The molecule has 0 fully saturated rings. The van der Waals surface area contributed by atoms with Crippen molar-refractivity contribution in [1.29, 1.82) is 0 Å². The van der Waals surface area contributed by atoms with Crippen LogP contribution in [0.3, 0.4) is 0 Å². The highest BCUT2D eigenvalue weighted by atomic mass is 16.6. The smallest absolute Gasteiger partial charge is 0.412 e. The number of nitrogens with one attached hydrogen (secondary N) is 1. The van der Waals surface area contributed by atoms with Crippen LogP contribution < -0.4 is 20.7 Å². The fraction of sp³-hybridized carbons (Fsp3) is 0.438. The quantitative estimate of drug-likeness (QED) is 0.869. The summed E-state index contributed by atoms with van der Waals surface area (Å²) in [6.45, 7) is 5.33. The van der Waals surface area contributed by atoms with Crippen molar-refractivity contribution in [3.8, 4) is 5.75 Å². The zero-order chi connectivity index (χ0) is 17.9. The molecule has 3 N–H and O–H groups in total. The molecule has 0 saturated carbocycles. The number of hydrogen-bond acceptors (Lipinski definition) is 5. The second-order valence-electron chi connectivity index (χ2n) is 6.36. The van der Waals surface area contributed by atoms with Crippen molar-refractivity contribution >= 4 is 29.3 Å². The van der Waals surface area contributed by atoms with E-state index in [9.17, 15) is 14.4 Å². The Bertz CT molecular complexity index is 666. The molecule has 0 spiro atoms. The van der Waals surface area contributed by atoms with Gasteiger partial charge in [-0.3, -0.25) is 14.9 Å². The first kappa shape index (κ1) is 17.6. The number of carbonyl (C=O) groups excluding carboxylic acids is 3. The van der Waals surface area contributed by atoms with E-state index in [1.807, 2.05) is 0 Å². The molecule has 1 aliphatic rings. The van der Waals surface area contributed by atoms with Crippen molar-refractivity contribution < 1.29 is 23.9 Å². The van der Waals surface area contributed by atoms with Gasteiger partial charge in [0.15, 0.2) is 6.61 Å². The second kappa shape index (κ2) is 6.77. The third-order valence-corrected chi connectivity index (χ3v) is 3.13. The molecule has 0 aliphatic carbocycles. The average molecular weight is 335 g/mol. The molecular formula is C16H21N3O5. The minimum absolute atomic E-state index is 0.0366. The molecule has 8 nitrogen and oxygen atoms in total. The molecule has 0 unspecified atom stereocenters. The van der Waals surface area contributed by atoms with Crippen molar-refractivity contribution in [2.45, 2.75) is 32.8 Å². The van der Waals surface area contributed by atoms with E-state index in [0.717, 1.165) is 0 Å². The van der Waals surface area contributed by atoms with Gasteiger partial charge >= 0.3 is 6.09 Å². The van der Waals surface area contributed by atoms with Crippen LogP contribution in [0.15, 0.2) is 18.2 Å². The molecular weight excluding hydrogens is 314 g/mol. The monoisotopic (exact) mass is 335 g/mol. The number of carbonyl (C=O) groups is 3. The van der Waals surface area contributed by atoms with Crippen LogP contribution in [0.25, 0.3) is 0 Å². The van der Waals surface area contributed by atoms with Gasteiger partial charge in [-0.2, -0.15) is 0 Å². The lowest BCUT2D eigenvalue weighted by Crippen LogP contribution is -2.40.